The number of benzene rings is 1. The third kappa shape index (κ3) is 5.50. The Labute approximate surface area is 152 Å². The summed E-state index contributed by atoms with van der Waals surface area (Å²) >= 11 is 0. The normalized spacial score (nSPS) is 11.0. The summed E-state index contributed by atoms with van der Waals surface area (Å²) in [6.45, 7) is 5.50. The molecular formula is C20H22F2N2O2. The lowest BCUT2D eigenvalue weighted by molar-refractivity contribution is 0.143. The summed E-state index contributed by atoms with van der Waals surface area (Å²) in [6, 6.07) is 2.77. The maximum absolute atomic E-state index is 14.3. The van der Waals surface area contributed by atoms with Gasteiger partial charge in [0, 0.05) is 12.4 Å². The molecule has 0 aliphatic carbocycles. The molecular weight excluding hydrogens is 338 g/mol. The minimum Gasteiger partial charge on any atom is -0.490 e. The molecule has 0 aliphatic rings. The number of halogens is 2. The number of aliphatic hydroxyl groups is 1. The van der Waals surface area contributed by atoms with Crippen LogP contribution in [0.3, 0.4) is 0 Å². The van der Waals surface area contributed by atoms with Gasteiger partial charge in [-0.05, 0) is 32.4 Å². The summed E-state index contributed by atoms with van der Waals surface area (Å²) in [5.41, 5.74) is -0.723. The molecule has 138 valence electrons. The van der Waals surface area contributed by atoms with E-state index < -0.39 is 17.2 Å². The van der Waals surface area contributed by atoms with Crippen LogP contribution in [0.15, 0.2) is 24.5 Å². The van der Waals surface area contributed by atoms with E-state index in [1.165, 1.54) is 24.5 Å². The highest BCUT2D eigenvalue weighted by Crippen LogP contribution is 2.28. The highest BCUT2D eigenvalue weighted by molar-refractivity contribution is 5.58. The van der Waals surface area contributed by atoms with Gasteiger partial charge in [0.25, 0.3) is 0 Å². The lowest BCUT2D eigenvalue weighted by Gasteiger charge is -2.09. The van der Waals surface area contributed by atoms with Crippen molar-refractivity contribution in [2.24, 2.45) is 0 Å². The fourth-order valence-corrected chi connectivity index (χ4v) is 2.11. The Morgan fingerprint density at radius 1 is 1.12 bits per heavy atom. The molecule has 0 saturated heterocycles. The van der Waals surface area contributed by atoms with E-state index in [1.54, 1.807) is 13.8 Å². The highest BCUT2D eigenvalue weighted by Gasteiger charge is 2.17. The lowest BCUT2D eigenvalue weighted by Crippen LogP contribution is -2.14. The van der Waals surface area contributed by atoms with Crippen molar-refractivity contribution in [3.8, 4) is 29.0 Å². The number of aromatic nitrogens is 2. The molecule has 0 radical (unpaired) electrons. The zero-order valence-electron chi connectivity index (χ0n) is 15.1. The molecule has 0 aliphatic heterocycles. The summed E-state index contributed by atoms with van der Waals surface area (Å²) in [5.74, 6) is 3.19. The lowest BCUT2D eigenvalue weighted by atomic mass is 10.1. The molecule has 26 heavy (non-hydrogen) atoms. The van der Waals surface area contributed by atoms with Crippen molar-refractivity contribution in [3.05, 3.63) is 41.7 Å². The minimum atomic E-state index is -1.14. The van der Waals surface area contributed by atoms with E-state index >= 15 is 0 Å². The Morgan fingerprint density at radius 2 is 1.81 bits per heavy atom. The summed E-state index contributed by atoms with van der Waals surface area (Å²) in [5, 5.41) is 9.58. The van der Waals surface area contributed by atoms with Gasteiger partial charge in [-0.3, -0.25) is 0 Å². The predicted octanol–water partition coefficient (Wildman–Crippen LogP) is 4.11. The Balaban J connectivity index is 2.18. The van der Waals surface area contributed by atoms with Gasteiger partial charge < -0.3 is 9.84 Å². The number of unbranched alkanes of at least 4 members (excludes halogenated alkanes) is 2. The average molecular weight is 360 g/mol. The minimum absolute atomic E-state index is 0.0488. The Bertz CT molecular complexity index is 804. The smallest absolute Gasteiger partial charge is 0.201 e. The Hall–Kier alpha value is -2.52. The molecule has 0 spiro atoms. The fraction of sp³-hybridized carbons (Fsp3) is 0.400. The summed E-state index contributed by atoms with van der Waals surface area (Å²) < 4.78 is 33.8. The van der Waals surface area contributed by atoms with E-state index in [-0.39, 0.29) is 17.1 Å². The van der Waals surface area contributed by atoms with E-state index in [9.17, 15) is 13.9 Å². The first-order chi connectivity index (χ1) is 12.3. The van der Waals surface area contributed by atoms with E-state index in [1.807, 2.05) is 0 Å². The van der Waals surface area contributed by atoms with Crippen molar-refractivity contribution in [1.82, 2.24) is 9.97 Å². The molecule has 1 aromatic heterocycles. The topological polar surface area (TPSA) is 55.2 Å². The quantitative estimate of drug-likeness (QED) is 0.622. The number of rotatable bonds is 6. The number of nitrogens with zero attached hydrogens (tertiary/aromatic N) is 2. The number of ether oxygens (including phenoxy) is 1. The molecule has 1 heterocycles. The molecule has 0 atom stereocenters. The van der Waals surface area contributed by atoms with Gasteiger partial charge in [0.1, 0.15) is 5.60 Å². The van der Waals surface area contributed by atoms with Crippen LogP contribution in [0.1, 0.15) is 45.6 Å². The molecule has 0 fully saturated rings. The molecule has 6 heteroatoms. The van der Waals surface area contributed by atoms with Crippen LogP contribution in [0.2, 0.25) is 0 Å². The van der Waals surface area contributed by atoms with Gasteiger partial charge in [-0.15, -0.1) is 0 Å². The van der Waals surface area contributed by atoms with Gasteiger partial charge in [0.2, 0.25) is 5.82 Å². The third-order valence-corrected chi connectivity index (χ3v) is 3.46. The molecule has 1 aromatic carbocycles. The van der Waals surface area contributed by atoms with E-state index in [4.69, 9.17) is 4.74 Å². The first-order valence-corrected chi connectivity index (χ1v) is 8.50. The van der Waals surface area contributed by atoms with Gasteiger partial charge in [-0.2, -0.15) is 4.39 Å². The second-order valence-electron chi connectivity index (χ2n) is 6.40. The first kappa shape index (κ1) is 19.8. The molecule has 0 unspecified atom stereocenters. The van der Waals surface area contributed by atoms with Crippen molar-refractivity contribution in [1.29, 1.82) is 0 Å². The maximum atomic E-state index is 14.3. The molecule has 0 bridgehead atoms. The summed E-state index contributed by atoms with van der Waals surface area (Å²) in [6.07, 6.45) is 5.57. The summed E-state index contributed by atoms with van der Waals surface area (Å²) in [4.78, 5) is 8.05. The van der Waals surface area contributed by atoms with E-state index in [0.29, 0.717) is 12.2 Å². The van der Waals surface area contributed by atoms with Crippen LogP contribution in [0.5, 0.6) is 5.75 Å². The van der Waals surface area contributed by atoms with Gasteiger partial charge in [0.15, 0.2) is 17.4 Å². The van der Waals surface area contributed by atoms with Crippen LogP contribution in [0.4, 0.5) is 8.78 Å². The Kier molecular flexibility index (Phi) is 6.64. The van der Waals surface area contributed by atoms with Crippen LogP contribution in [-0.2, 0) is 0 Å². The molecule has 2 aromatic rings. The SMILES string of the molecule is CCCCCOc1ccc(-c2ncc(C#CC(C)(C)O)cn2)c(F)c1F. The molecule has 1 N–H and O–H groups in total. The average Bonchev–Trinajstić information content (AvgIpc) is 2.60. The van der Waals surface area contributed by atoms with Crippen molar-refractivity contribution in [2.45, 2.75) is 45.6 Å². The molecule has 0 saturated carbocycles. The second-order valence-corrected chi connectivity index (χ2v) is 6.40. The van der Waals surface area contributed by atoms with Gasteiger partial charge in [-0.1, -0.05) is 31.6 Å². The summed E-state index contributed by atoms with van der Waals surface area (Å²) in [7, 11) is 0. The van der Waals surface area contributed by atoms with Crippen LogP contribution in [-0.4, -0.2) is 27.3 Å². The zero-order valence-corrected chi connectivity index (χ0v) is 15.1. The third-order valence-electron chi connectivity index (χ3n) is 3.46. The zero-order chi connectivity index (χ0) is 19.2. The molecule has 2 rings (SSSR count). The Morgan fingerprint density at radius 3 is 2.42 bits per heavy atom. The van der Waals surface area contributed by atoms with Gasteiger partial charge in [-0.25, -0.2) is 14.4 Å². The van der Waals surface area contributed by atoms with Crippen LogP contribution >= 0.6 is 0 Å². The molecule has 4 nitrogen and oxygen atoms in total. The van der Waals surface area contributed by atoms with Crippen molar-refractivity contribution >= 4 is 0 Å². The largest absolute Gasteiger partial charge is 0.490 e. The van der Waals surface area contributed by atoms with E-state index in [0.717, 1.165) is 19.3 Å². The highest BCUT2D eigenvalue weighted by atomic mass is 19.2. The number of hydrogen-bond donors (Lipinski definition) is 1. The number of hydrogen-bond acceptors (Lipinski definition) is 4. The van der Waals surface area contributed by atoms with Crippen LogP contribution in [0, 0.1) is 23.5 Å². The van der Waals surface area contributed by atoms with Gasteiger partial charge in [0.05, 0.1) is 17.7 Å². The van der Waals surface area contributed by atoms with Crippen LogP contribution < -0.4 is 4.74 Å². The maximum Gasteiger partial charge on any atom is 0.201 e. The first-order valence-electron chi connectivity index (χ1n) is 8.50. The monoisotopic (exact) mass is 360 g/mol. The second kappa shape index (κ2) is 8.72. The predicted molar refractivity (Wildman–Crippen MR) is 95.6 cm³/mol. The molecule has 0 amide bonds. The van der Waals surface area contributed by atoms with Crippen LogP contribution in [0.25, 0.3) is 11.4 Å². The van der Waals surface area contributed by atoms with Crippen molar-refractivity contribution in [2.75, 3.05) is 6.61 Å². The standard InChI is InChI=1S/C20H22F2N2O2/c1-4-5-6-11-26-16-8-7-15(17(21)18(16)22)19-23-12-14(13-24-19)9-10-20(2,3)25/h7-8,12-13,25H,4-6,11H2,1-3H3. The van der Waals surface area contributed by atoms with Gasteiger partial charge >= 0.3 is 0 Å². The van der Waals surface area contributed by atoms with E-state index in [2.05, 4.69) is 28.7 Å². The fourth-order valence-electron chi connectivity index (χ4n) is 2.11. The van der Waals surface area contributed by atoms with Crippen molar-refractivity contribution in [3.63, 3.8) is 0 Å². The van der Waals surface area contributed by atoms with Crippen molar-refractivity contribution < 1.29 is 18.6 Å².